The van der Waals surface area contributed by atoms with Crippen LogP contribution in [0.2, 0.25) is 0 Å². The van der Waals surface area contributed by atoms with Gasteiger partial charge in [0.1, 0.15) is 13.2 Å². The van der Waals surface area contributed by atoms with Gasteiger partial charge in [-0.2, -0.15) is 0 Å². The van der Waals surface area contributed by atoms with Crippen molar-refractivity contribution in [2.45, 2.75) is 25.5 Å². The molecule has 0 spiro atoms. The molecule has 1 aliphatic rings. The van der Waals surface area contributed by atoms with Gasteiger partial charge in [-0.25, -0.2) is 4.98 Å². The van der Waals surface area contributed by atoms with Crippen molar-refractivity contribution in [2.75, 3.05) is 25.5 Å². The van der Waals surface area contributed by atoms with Crippen LogP contribution in [0, 0.1) is 6.92 Å². The second-order valence-corrected chi connectivity index (χ2v) is 7.95. The molecule has 30 heavy (non-hydrogen) atoms. The maximum atomic E-state index is 13.0. The summed E-state index contributed by atoms with van der Waals surface area (Å²) in [6.07, 6.45) is 3.70. The molecular formula is C23H25N3O3S. The number of imidazole rings is 1. The molecule has 0 aliphatic carbocycles. The lowest BCUT2D eigenvalue weighted by Crippen LogP contribution is -2.32. The van der Waals surface area contributed by atoms with E-state index in [1.54, 1.807) is 6.20 Å². The first kappa shape index (κ1) is 20.3. The van der Waals surface area contributed by atoms with Crippen LogP contribution >= 0.6 is 11.8 Å². The van der Waals surface area contributed by atoms with Crippen molar-refractivity contribution < 1.29 is 14.3 Å². The average molecular weight is 424 g/mol. The van der Waals surface area contributed by atoms with Gasteiger partial charge in [-0.15, -0.1) is 0 Å². The van der Waals surface area contributed by atoms with E-state index in [-0.39, 0.29) is 5.91 Å². The van der Waals surface area contributed by atoms with Gasteiger partial charge < -0.3 is 14.4 Å². The molecule has 6 nitrogen and oxygen atoms in total. The van der Waals surface area contributed by atoms with Crippen molar-refractivity contribution in [3.05, 3.63) is 66.0 Å². The molecule has 0 unspecified atom stereocenters. The van der Waals surface area contributed by atoms with Gasteiger partial charge in [0, 0.05) is 31.0 Å². The Hall–Kier alpha value is -2.93. The van der Waals surface area contributed by atoms with E-state index in [9.17, 15) is 4.79 Å². The van der Waals surface area contributed by atoms with Gasteiger partial charge in [0.05, 0.1) is 11.4 Å². The Morgan fingerprint density at radius 3 is 2.83 bits per heavy atom. The molecule has 0 fully saturated rings. The van der Waals surface area contributed by atoms with Gasteiger partial charge in [0.2, 0.25) is 5.91 Å². The lowest BCUT2D eigenvalue weighted by Gasteiger charge is -2.25. The number of rotatable bonds is 7. The summed E-state index contributed by atoms with van der Waals surface area (Å²) in [6.45, 7) is 6.26. The second kappa shape index (κ2) is 9.26. The quantitative estimate of drug-likeness (QED) is 0.536. The predicted octanol–water partition coefficient (Wildman–Crippen LogP) is 4.09. The molecule has 3 aromatic rings. The number of aryl methyl sites for hydroxylation is 1. The van der Waals surface area contributed by atoms with Gasteiger partial charge in [-0.1, -0.05) is 42.1 Å². The number of amides is 1. The van der Waals surface area contributed by atoms with E-state index in [0.29, 0.717) is 32.1 Å². The molecular weight excluding hydrogens is 398 g/mol. The van der Waals surface area contributed by atoms with Crippen molar-refractivity contribution in [1.29, 1.82) is 0 Å². The molecule has 2 aromatic carbocycles. The lowest BCUT2D eigenvalue weighted by molar-refractivity contribution is -0.128. The number of hydrogen-bond donors (Lipinski definition) is 0. The summed E-state index contributed by atoms with van der Waals surface area (Å²) in [5.74, 6) is 1.88. The minimum absolute atomic E-state index is 0.0659. The van der Waals surface area contributed by atoms with Crippen molar-refractivity contribution in [3.8, 4) is 17.2 Å². The Balaban J connectivity index is 1.44. The first-order chi connectivity index (χ1) is 14.7. The van der Waals surface area contributed by atoms with E-state index in [1.807, 2.05) is 52.9 Å². The highest BCUT2D eigenvalue weighted by molar-refractivity contribution is 7.99. The summed E-state index contributed by atoms with van der Waals surface area (Å²) in [7, 11) is 0. The third-order valence-corrected chi connectivity index (χ3v) is 6.00. The second-order valence-electron chi connectivity index (χ2n) is 7.00. The molecule has 156 valence electrons. The zero-order chi connectivity index (χ0) is 20.9. The van der Waals surface area contributed by atoms with Crippen molar-refractivity contribution in [3.63, 3.8) is 0 Å². The van der Waals surface area contributed by atoms with E-state index in [2.05, 4.69) is 24.0 Å². The van der Waals surface area contributed by atoms with Crippen LogP contribution in [0.5, 0.6) is 11.5 Å². The summed E-state index contributed by atoms with van der Waals surface area (Å²) in [5, 5.41) is 0.808. The number of nitrogens with zero attached hydrogens (tertiary/aromatic N) is 3. The highest BCUT2D eigenvalue weighted by Gasteiger charge is 2.20. The molecule has 4 rings (SSSR count). The van der Waals surface area contributed by atoms with Gasteiger partial charge in [0.25, 0.3) is 0 Å². The molecule has 1 aliphatic heterocycles. The molecule has 0 bridgehead atoms. The van der Waals surface area contributed by atoms with Crippen LogP contribution in [0.3, 0.4) is 0 Å². The number of para-hydroxylation sites is 2. The lowest BCUT2D eigenvalue weighted by atomic mass is 10.1. The SMILES string of the molecule is CCN(Cc1cccc2c1OCCO2)C(=O)CSc1nccn1-c1ccccc1C. The summed E-state index contributed by atoms with van der Waals surface area (Å²) in [5.41, 5.74) is 3.20. The third kappa shape index (κ3) is 4.31. The highest BCUT2D eigenvalue weighted by Crippen LogP contribution is 2.34. The largest absolute Gasteiger partial charge is 0.486 e. The van der Waals surface area contributed by atoms with Crippen LogP contribution in [0.4, 0.5) is 0 Å². The molecule has 0 atom stereocenters. The Kier molecular flexibility index (Phi) is 6.28. The number of carbonyl (C=O) groups excluding carboxylic acids is 1. The Morgan fingerprint density at radius 1 is 1.17 bits per heavy atom. The number of benzene rings is 2. The number of fused-ring (bicyclic) bond motifs is 1. The molecule has 7 heteroatoms. The number of aromatic nitrogens is 2. The number of carbonyl (C=O) groups is 1. The smallest absolute Gasteiger partial charge is 0.233 e. The zero-order valence-electron chi connectivity index (χ0n) is 17.2. The monoisotopic (exact) mass is 423 g/mol. The fourth-order valence-corrected chi connectivity index (χ4v) is 4.34. The average Bonchev–Trinajstić information content (AvgIpc) is 3.24. The maximum Gasteiger partial charge on any atom is 0.233 e. The minimum atomic E-state index is 0.0659. The number of ether oxygens (including phenoxy) is 2. The van der Waals surface area contributed by atoms with Crippen LogP contribution in [-0.4, -0.2) is 45.9 Å². The van der Waals surface area contributed by atoms with E-state index in [4.69, 9.17) is 9.47 Å². The Bertz CT molecular complexity index is 1030. The van der Waals surface area contributed by atoms with E-state index < -0.39 is 0 Å². The molecule has 0 saturated carbocycles. The topological polar surface area (TPSA) is 56.6 Å². The summed E-state index contributed by atoms with van der Waals surface area (Å²) in [4.78, 5) is 19.2. The molecule has 0 saturated heterocycles. The van der Waals surface area contributed by atoms with E-state index >= 15 is 0 Å². The fraction of sp³-hybridized carbons (Fsp3) is 0.304. The van der Waals surface area contributed by atoms with E-state index in [1.165, 1.54) is 11.8 Å². The molecule has 0 N–H and O–H groups in total. The van der Waals surface area contributed by atoms with Crippen LogP contribution in [0.15, 0.2) is 60.0 Å². The minimum Gasteiger partial charge on any atom is -0.486 e. The third-order valence-electron chi connectivity index (χ3n) is 5.05. The fourth-order valence-electron chi connectivity index (χ4n) is 3.47. The predicted molar refractivity (Wildman–Crippen MR) is 118 cm³/mol. The molecule has 0 radical (unpaired) electrons. The van der Waals surface area contributed by atoms with Gasteiger partial charge in [-0.3, -0.25) is 9.36 Å². The summed E-state index contributed by atoms with van der Waals surface area (Å²) in [6, 6.07) is 14.0. The summed E-state index contributed by atoms with van der Waals surface area (Å²) < 4.78 is 13.5. The Labute approximate surface area is 180 Å². The van der Waals surface area contributed by atoms with Crippen molar-refractivity contribution in [2.24, 2.45) is 0 Å². The standard InChI is InChI=1S/C23H25N3O3S/c1-3-25(15-18-8-6-10-20-22(18)29-14-13-28-20)21(27)16-30-23-24-11-12-26(23)19-9-5-4-7-17(19)2/h4-12H,3,13-16H2,1-2H3. The Morgan fingerprint density at radius 2 is 2.00 bits per heavy atom. The van der Waals surface area contributed by atoms with Crippen molar-refractivity contribution >= 4 is 17.7 Å². The maximum absolute atomic E-state index is 13.0. The molecule has 2 heterocycles. The first-order valence-electron chi connectivity index (χ1n) is 10.0. The molecule has 1 aromatic heterocycles. The van der Waals surface area contributed by atoms with Crippen LogP contribution < -0.4 is 9.47 Å². The summed E-state index contributed by atoms with van der Waals surface area (Å²) >= 11 is 1.45. The van der Waals surface area contributed by atoms with Gasteiger partial charge in [-0.05, 0) is 31.5 Å². The van der Waals surface area contributed by atoms with Crippen LogP contribution in [-0.2, 0) is 11.3 Å². The number of thioether (sulfide) groups is 1. The van der Waals surface area contributed by atoms with Gasteiger partial charge in [0.15, 0.2) is 16.7 Å². The van der Waals surface area contributed by atoms with E-state index in [0.717, 1.165) is 33.5 Å². The number of hydrogen-bond acceptors (Lipinski definition) is 5. The van der Waals surface area contributed by atoms with Gasteiger partial charge >= 0.3 is 0 Å². The van der Waals surface area contributed by atoms with Crippen molar-refractivity contribution in [1.82, 2.24) is 14.5 Å². The van der Waals surface area contributed by atoms with Crippen LogP contribution in [0.25, 0.3) is 5.69 Å². The normalized spacial score (nSPS) is 12.6. The molecule has 1 amide bonds. The highest BCUT2D eigenvalue weighted by atomic mass is 32.2. The zero-order valence-corrected chi connectivity index (χ0v) is 18.0. The van der Waals surface area contributed by atoms with Crippen LogP contribution in [0.1, 0.15) is 18.1 Å². The first-order valence-corrected chi connectivity index (χ1v) is 11.0.